The molecule has 2 aromatic heterocycles. The van der Waals surface area contributed by atoms with Gasteiger partial charge in [-0.25, -0.2) is 4.98 Å². The fraction of sp³-hybridized carbons (Fsp3) is 0.526. The van der Waals surface area contributed by atoms with Crippen molar-refractivity contribution in [1.82, 2.24) is 19.7 Å². The molecule has 0 N–H and O–H groups in total. The first kappa shape index (κ1) is 25.2. The normalized spacial score (nSPS) is 15.8. The van der Waals surface area contributed by atoms with Crippen molar-refractivity contribution in [3.05, 3.63) is 45.5 Å². The van der Waals surface area contributed by atoms with E-state index in [1.54, 1.807) is 0 Å². The summed E-state index contributed by atoms with van der Waals surface area (Å²) in [5, 5.41) is 3.86. The molecule has 1 aliphatic rings. The van der Waals surface area contributed by atoms with Crippen molar-refractivity contribution in [1.29, 1.82) is 0 Å². The molecule has 3 rings (SSSR count). The van der Waals surface area contributed by atoms with Gasteiger partial charge in [-0.3, -0.25) is 9.69 Å². The predicted octanol–water partition coefficient (Wildman–Crippen LogP) is 3.39. The summed E-state index contributed by atoms with van der Waals surface area (Å²) in [7, 11) is 0. The number of halogens is 7. The molecule has 0 amide bonds. The Balaban J connectivity index is 1.57. The van der Waals surface area contributed by atoms with Crippen molar-refractivity contribution in [3.8, 4) is 5.82 Å². The molecule has 0 aromatic carbocycles. The van der Waals surface area contributed by atoms with E-state index >= 15 is 0 Å². The van der Waals surface area contributed by atoms with E-state index in [2.05, 4.69) is 19.7 Å². The van der Waals surface area contributed by atoms with E-state index in [0.29, 0.717) is 51.0 Å². The highest BCUT2D eigenvalue weighted by Crippen LogP contribution is 2.29. The van der Waals surface area contributed by atoms with Gasteiger partial charge in [0.1, 0.15) is 11.6 Å². The van der Waals surface area contributed by atoms with Crippen LogP contribution in [0.1, 0.15) is 12.0 Å². The predicted molar refractivity (Wildman–Crippen MR) is 108 cm³/mol. The lowest BCUT2D eigenvalue weighted by atomic mass is 10.2. The highest BCUT2D eigenvalue weighted by molar-refractivity contribution is 6.33. The Labute approximate surface area is 189 Å². The van der Waals surface area contributed by atoms with E-state index in [-0.39, 0.29) is 17.4 Å². The Bertz CT molecular complexity index is 988. The van der Waals surface area contributed by atoms with Crippen molar-refractivity contribution in [3.63, 3.8) is 0 Å². The lowest BCUT2D eigenvalue weighted by molar-refractivity contribution is -0.174. The SMILES string of the molecule is O=c1c(Cl)c(N2CCN(CCCOCC(F)(F)F)CC2)cnn1-c1ccc(C(F)(F)F)cn1. The summed E-state index contributed by atoms with van der Waals surface area (Å²) in [5.74, 6) is -0.0981. The van der Waals surface area contributed by atoms with Gasteiger partial charge in [-0.15, -0.1) is 0 Å². The first-order valence-corrected chi connectivity index (χ1v) is 10.3. The monoisotopic (exact) mass is 499 g/mol. The Morgan fingerprint density at radius 1 is 1.03 bits per heavy atom. The maximum Gasteiger partial charge on any atom is 0.417 e. The Morgan fingerprint density at radius 2 is 1.73 bits per heavy atom. The first-order valence-electron chi connectivity index (χ1n) is 9.89. The molecule has 0 bridgehead atoms. The Hall–Kier alpha value is -2.38. The van der Waals surface area contributed by atoms with Gasteiger partial charge in [0, 0.05) is 45.5 Å². The minimum atomic E-state index is -4.55. The summed E-state index contributed by atoms with van der Waals surface area (Å²) in [6.45, 7) is 1.52. The van der Waals surface area contributed by atoms with Gasteiger partial charge < -0.3 is 9.64 Å². The molecule has 33 heavy (non-hydrogen) atoms. The molecule has 182 valence electrons. The van der Waals surface area contributed by atoms with E-state index in [1.165, 1.54) is 6.20 Å². The fourth-order valence-corrected chi connectivity index (χ4v) is 3.53. The number of anilines is 1. The summed E-state index contributed by atoms with van der Waals surface area (Å²) in [6, 6.07) is 1.83. The standard InChI is InChI=1S/C19H20ClF6N5O2/c20-16-14(30-7-5-29(6-8-30)4-1-9-33-12-18(21,22)23)11-28-31(17(16)32)15-3-2-13(10-27-15)19(24,25)26/h2-3,10-11H,1,4-9,12H2. The minimum Gasteiger partial charge on any atom is -0.372 e. The van der Waals surface area contributed by atoms with Crippen molar-refractivity contribution in [2.45, 2.75) is 18.8 Å². The number of rotatable bonds is 7. The number of pyridine rings is 1. The maximum atomic E-state index is 12.7. The number of alkyl halides is 6. The van der Waals surface area contributed by atoms with Gasteiger partial charge in [0.05, 0.1) is 17.4 Å². The summed E-state index contributed by atoms with van der Waals surface area (Å²) < 4.78 is 79.7. The van der Waals surface area contributed by atoms with Crippen LogP contribution in [0.4, 0.5) is 32.0 Å². The Morgan fingerprint density at radius 3 is 2.30 bits per heavy atom. The summed E-state index contributed by atoms with van der Waals surface area (Å²) in [4.78, 5) is 20.2. The Kier molecular flexibility index (Phi) is 7.85. The third-order valence-corrected chi connectivity index (χ3v) is 5.29. The summed E-state index contributed by atoms with van der Waals surface area (Å²) in [6.07, 6.45) is -6.48. The molecule has 2 aromatic rings. The van der Waals surface area contributed by atoms with Crippen LogP contribution >= 0.6 is 11.6 Å². The molecule has 3 heterocycles. The maximum absolute atomic E-state index is 12.7. The molecule has 0 saturated carbocycles. The quantitative estimate of drug-likeness (QED) is 0.430. The zero-order valence-electron chi connectivity index (χ0n) is 17.2. The summed E-state index contributed by atoms with van der Waals surface area (Å²) in [5.41, 5.74) is -1.28. The molecule has 14 heteroatoms. The zero-order valence-corrected chi connectivity index (χ0v) is 17.9. The number of hydrogen-bond donors (Lipinski definition) is 0. The molecule has 1 aliphatic heterocycles. The van der Waals surface area contributed by atoms with Crippen LogP contribution in [0.3, 0.4) is 0 Å². The van der Waals surface area contributed by atoms with Gasteiger partial charge in [0.15, 0.2) is 5.82 Å². The molecule has 0 aliphatic carbocycles. The van der Waals surface area contributed by atoms with Crippen molar-refractivity contribution < 1.29 is 31.1 Å². The number of aromatic nitrogens is 3. The number of ether oxygens (including phenoxy) is 1. The lowest BCUT2D eigenvalue weighted by Gasteiger charge is -2.36. The number of hydrogen-bond acceptors (Lipinski definition) is 6. The van der Waals surface area contributed by atoms with E-state index < -0.39 is 30.1 Å². The smallest absolute Gasteiger partial charge is 0.372 e. The van der Waals surface area contributed by atoms with Crippen molar-refractivity contribution in [2.75, 3.05) is 50.8 Å². The van der Waals surface area contributed by atoms with Crippen molar-refractivity contribution >= 4 is 17.3 Å². The fourth-order valence-electron chi connectivity index (χ4n) is 3.28. The number of piperazine rings is 1. The zero-order chi connectivity index (χ0) is 24.2. The summed E-state index contributed by atoms with van der Waals surface area (Å²) >= 11 is 6.23. The van der Waals surface area contributed by atoms with E-state index in [1.807, 2.05) is 4.90 Å². The van der Waals surface area contributed by atoms with Crippen molar-refractivity contribution in [2.24, 2.45) is 0 Å². The van der Waals surface area contributed by atoms with Crippen LogP contribution in [0.25, 0.3) is 5.82 Å². The molecule has 1 saturated heterocycles. The van der Waals surface area contributed by atoms with Crippen LogP contribution in [0.15, 0.2) is 29.3 Å². The largest absolute Gasteiger partial charge is 0.417 e. The van der Waals surface area contributed by atoms with Gasteiger partial charge in [0.25, 0.3) is 5.56 Å². The van der Waals surface area contributed by atoms with Crippen LogP contribution < -0.4 is 10.5 Å². The lowest BCUT2D eigenvalue weighted by Crippen LogP contribution is -2.47. The molecular weight excluding hydrogens is 480 g/mol. The average molecular weight is 500 g/mol. The molecule has 0 unspecified atom stereocenters. The van der Waals surface area contributed by atoms with E-state index in [9.17, 15) is 31.1 Å². The molecule has 1 fully saturated rings. The van der Waals surface area contributed by atoms with Crippen LogP contribution in [-0.2, 0) is 10.9 Å². The topological polar surface area (TPSA) is 63.5 Å². The first-order chi connectivity index (χ1) is 15.5. The van der Waals surface area contributed by atoms with Gasteiger partial charge in [-0.1, -0.05) is 11.6 Å². The van der Waals surface area contributed by atoms with Crippen LogP contribution in [0.5, 0.6) is 0 Å². The number of nitrogens with zero attached hydrogens (tertiary/aromatic N) is 5. The second kappa shape index (κ2) is 10.3. The highest BCUT2D eigenvalue weighted by atomic mass is 35.5. The van der Waals surface area contributed by atoms with Crippen LogP contribution in [0.2, 0.25) is 5.02 Å². The van der Waals surface area contributed by atoms with E-state index in [0.717, 1.165) is 16.8 Å². The van der Waals surface area contributed by atoms with Gasteiger partial charge in [-0.2, -0.15) is 36.1 Å². The third-order valence-electron chi connectivity index (χ3n) is 4.93. The second-order valence-electron chi connectivity index (χ2n) is 7.31. The molecule has 7 nitrogen and oxygen atoms in total. The second-order valence-corrected chi connectivity index (χ2v) is 7.69. The third kappa shape index (κ3) is 6.81. The molecule has 0 radical (unpaired) electrons. The van der Waals surface area contributed by atoms with E-state index in [4.69, 9.17) is 11.6 Å². The minimum absolute atomic E-state index is 0.00564. The highest BCUT2D eigenvalue weighted by Gasteiger charge is 2.31. The van der Waals surface area contributed by atoms with Crippen LogP contribution in [0, 0.1) is 0 Å². The average Bonchev–Trinajstić information content (AvgIpc) is 2.75. The molecule has 0 atom stereocenters. The molecular formula is C19H20ClF6N5O2. The van der Waals surface area contributed by atoms with Gasteiger partial charge in [-0.05, 0) is 18.6 Å². The van der Waals surface area contributed by atoms with Gasteiger partial charge in [0.2, 0.25) is 0 Å². The molecule has 0 spiro atoms. The van der Waals surface area contributed by atoms with Gasteiger partial charge >= 0.3 is 12.4 Å². The van der Waals surface area contributed by atoms with Crippen LogP contribution in [-0.4, -0.2) is 71.8 Å².